The minimum atomic E-state index is 0.645. The number of aromatic nitrogens is 2. The second-order valence-electron chi connectivity index (χ2n) is 4.86. The van der Waals surface area contributed by atoms with Crippen LogP contribution in [-0.4, -0.2) is 29.3 Å². The molecule has 17 heavy (non-hydrogen) atoms. The van der Waals surface area contributed by atoms with Gasteiger partial charge in [-0.2, -0.15) is 0 Å². The predicted octanol–water partition coefficient (Wildman–Crippen LogP) is 2.44. The minimum Gasteiger partial charge on any atom is -0.381 e. The Morgan fingerprint density at radius 2 is 2.47 bits per heavy atom. The number of unbranched alkanes of at least 4 members (excludes halogenated alkanes) is 1. The van der Waals surface area contributed by atoms with Gasteiger partial charge in [0.1, 0.15) is 0 Å². The maximum absolute atomic E-state index is 5.38. The second kappa shape index (κ2) is 6.05. The van der Waals surface area contributed by atoms with Crippen molar-refractivity contribution in [2.75, 3.05) is 25.1 Å². The molecule has 1 saturated heterocycles. The van der Waals surface area contributed by atoms with Crippen LogP contribution in [0.25, 0.3) is 0 Å². The third-order valence-electron chi connectivity index (χ3n) is 3.22. The Labute approximate surface area is 103 Å². The van der Waals surface area contributed by atoms with Gasteiger partial charge < -0.3 is 14.6 Å². The predicted molar refractivity (Wildman–Crippen MR) is 69.3 cm³/mol. The fourth-order valence-corrected chi connectivity index (χ4v) is 2.17. The lowest BCUT2D eigenvalue weighted by atomic mass is 10.1. The number of hydrogen-bond acceptors (Lipinski definition) is 3. The third kappa shape index (κ3) is 3.46. The van der Waals surface area contributed by atoms with Crippen LogP contribution in [0.1, 0.15) is 31.9 Å². The fourth-order valence-electron chi connectivity index (χ4n) is 2.17. The van der Waals surface area contributed by atoms with Gasteiger partial charge >= 0.3 is 0 Å². The van der Waals surface area contributed by atoms with Crippen LogP contribution in [0, 0.1) is 12.8 Å². The first kappa shape index (κ1) is 12.4. The van der Waals surface area contributed by atoms with Gasteiger partial charge in [0, 0.05) is 31.8 Å². The van der Waals surface area contributed by atoms with E-state index in [-0.39, 0.29) is 0 Å². The largest absolute Gasteiger partial charge is 0.381 e. The zero-order valence-corrected chi connectivity index (χ0v) is 10.9. The van der Waals surface area contributed by atoms with Gasteiger partial charge in [0.05, 0.1) is 12.3 Å². The summed E-state index contributed by atoms with van der Waals surface area (Å²) in [5.41, 5.74) is 1.09. The van der Waals surface area contributed by atoms with Crippen molar-refractivity contribution in [1.82, 2.24) is 9.55 Å². The van der Waals surface area contributed by atoms with E-state index >= 15 is 0 Å². The maximum atomic E-state index is 5.38. The van der Waals surface area contributed by atoms with Gasteiger partial charge in [-0.3, -0.25) is 0 Å². The Balaban J connectivity index is 1.89. The molecule has 0 radical (unpaired) electrons. The molecule has 1 N–H and O–H groups in total. The molecule has 0 spiro atoms. The van der Waals surface area contributed by atoms with Crippen LogP contribution in [0.2, 0.25) is 0 Å². The number of rotatable bonds is 6. The molecule has 96 valence electrons. The van der Waals surface area contributed by atoms with Gasteiger partial charge in [-0.25, -0.2) is 4.98 Å². The lowest BCUT2D eigenvalue weighted by Gasteiger charge is -2.12. The van der Waals surface area contributed by atoms with Gasteiger partial charge in [-0.1, -0.05) is 13.3 Å². The summed E-state index contributed by atoms with van der Waals surface area (Å²) >= 11 is 0. The van der Waals surface area contributed by atoms with Crippen LogP contribution in [0.3, 0.4) is 0 Å². The SMILES string of the molecule is CCCCn1cc(C)nc1NCC1CCOC1. The van der Waals surface area contributed by atoms with E-state index in [1.165, 1.54) is 19.3 Å². The van der Waals surface area contributed by atoms with Crippen molar-refractivity contribution < 1.29 is 4.74 Å². The first-order chi connectivity index (χ1) is 8.29. The monoisotopic (exact) mass is 237 g/mol. The van der Waals surface area contributed by atoms with Crippen LogP contribution in [-0.2, 0) is 11.3 Å². The summed E-state index contributed by atoms with van der Waals surface area (Å²) in [4.78, 5) is 4.54. The Morgan fingerprint density at radius 3 is 3.18 bits per heavy atom. The van der Waals surface area contributed by atoms with E-state index in [1.54, 1.807) is 0 Å². The van der Waals surface area contributed by atoms with Crippen LogP contribution >= 0.6 is 0 Å². The lowest BCUT2D eigenvalue weighted by molar-refractivity contribution is 0.187. The molecule has 4 nitrogen and oxygen atoms in total. The van der Waals surface area contributed by atoms with E-state index in [0.29, 0.717) is 5.92 Å². The zero-order valence-electron chi connectivity index (χ0n) is 10.9. The molecular weight excluding hydrogens is 214 g/mol. The topological polar surface area (TPSA) is 39.1 Å². The van der Waals surface area contributed by atoms with E-state index in [9.17, 15) is 0 Å². The van der Waals surface area contributed by atoms with E-state index in [0.717, 1.165) is 37.9 Å². The molecule has 1 aliphatic heterocycles. The van der Waals surface area contributed by atoms with Crippen molar-refractivity contribution in [1.29, 1.82) is 0 Å². The van der Waals surface area contributed by atoms with Gasteiger partial charge in [0.2, 0.25) is 5.95 Å². The lowest BCUT2D eigenvalue weighted by Crippen LogP contribution is -2.17. The van der Waals surface area contributed by atoms with Gasteiger partial charge in [-0.05, 0) is 19.8 Å². The fraction of sp³-hybridized carbons (Fsp3) is 0.769. The molecule has 0 amide bonds. The highest BCUT2D eigenvalue weighted by Gasteiger charge is 2.16. The second-order valence-corrected chi connectivity index (χ2v) is 4.86. The number of nitrogens with zero attached hydrogens (tertiary/aromatic N) is 2. The van der Waals surface area contributed by atoms with Crippen molar-refractivity contribution in [3.8, 4) is 0 Å². The summed E-state index contributed by atoms with van der Waals surface area (Å²) in [5.74, 6) is 1.66. The molecule has 0 aliphatic carbocycles. The third-order valence-corrected chi connectivity index (χ3v) is 3.22. The number of hydrogen-bond donors (Lipinski definition) is 1. The van der Waals surface area contributed by atoms with Crippen LogP contribution in [0.15, 0.2) is 6.20 Å². The molecule has 0 bridgehead atoms. The van der Waals surface area contributed by atoms with Crippen molar-refractivity contribution >= 4 is 5.95 Å². The van der Waals surface area contributed by atoms with E-state index < -0.39 is 0 Å². The Morgan fingerprint density at radius 1 is 1.59 bits per heavy atom. The van der Waals surface area contributed by atoms with Crippen LogP contribution in [0.4, 0.5) is 5.95 Å². The van der Waals surface area contributed by atoms with Gasteiger partial charge in [0.25, 0.3) is 0 Å². The van der Waals surface area contributed by atoms with E-state index in [1.807, 2.05) is 6.92 Å². The quantitative estimate of drug-likeness (QED) is 0.826. The van der Waals surface area contributed by atoms with Crippen molar-refractivity contribution in [3.05, 3.63) is 11.9 Å². The van der Waals surface area contributed by atoms with Crippen molar-refractivity contribution in [3.63, 3.8) is 0 Å². The molecule has 1 aromatic rings. The molecule has 0 aromatic carbocycles. The summed E-state index contributed by atoms with van der Waals surface area (Å²) in [6, 6.07) is 0. The van der Waals surface area contributed by atoms with Crippen LogP contribution < -0.4 is 5.32 Å². The molecule has 1 fully saturated rings. The molecule has 1 unspecified atom stereocenters. The van der Waals surface area contributed by atoms with Crippen LogP contribution in [0.5, 0.6) is 0 Å². The Hall–Kier alpha value is -1.03. The molecule has 0 saturated carbocycles. The first-order valence-corrected chi connectivity index (χ1v) is 6.65. The van der Waals surface area contributed by atoms with Crippen molar-refractivity contribution in [2.45, 2.75) is 39.7 Å². The highest BCUT2D eigenvalue weighted by atomic mass is 16.5. The smallest absolute Gasteiger partial charge is 0.203 e. The standard InChI is InChI=1S/C13H23N3O/c1-3-4-6-16-9-11(2)15-13(16)14-8-12-5-7-17-10-12/h9,12H,3-8,10H2,1-2H3,(H,14,15). The normalized spacial score (nSPS) is 19.8. The summed E-state index contributed by atoms with van der Waals surface area (Å²) in [6.07, 6.45) is 5.72. The summed E-state index contributed by atoms with van der Waals surface area (Å²) < 4.78 is 7.61. The Kier molecular flexibility index (Phi) is 4.42. The number of imidazole rings is 1. The average molecular weight is 237 g/mol. The molecule has 1 aromatic heterocycles. The highest BCUT2D eigenvalue weighted by Crippen LogP contribution is 2.15. The molecule has 2 heterocycles. The van der Waals surface area contributed by atoms with E-state index in [4.69, 9.17) is 4.74 Å². The van der Waals surface area contributed by atoms with Crippen molar-refractivity contribution in [2.24, 2.45) is 5.92 Å². The average Bonchev–Trinajstić information content (AvgIpc) is 2.93. The zero-order chi connectivity index (χ0) is 12.1. The molecule has 4 heteroatoms. The number of anilines is 1. The Bertz CT molecular complexity index is 342. The van der Waals surface area contributed by atoms with E-state index in [2.05, 4.69) is 28.0 Å². The number of ether oxygens (including phenoxy) is 1. The molecular formula is C13H23N3O. The number of aryl methyl sites for hydroxylation is 2. The van der Waals surface area contributed by atoms with Gasteiger partial charge in [-0.15, -0.1) is 0 Å². The summed E-state index contributed by atoms with van der Waals surface area (Å²) in [7, 11) is 0. The van der Waals surface area contributed by atoms with Gasteiger partial charge in [0.15, 0.2) is 0 Å². The minimum absolute atomic E-state index is 0.645. The number of nitrogens with one attached hydrogen (secondary N) is 1. The molecule has 2 rings (SSSR count). The maximum Gasteiger partial charge on any atom is 0.203 e. The molecule has 1 aliphatic rings. The highest BCUT2D eigenvalue weighted by molar-refractivity contribution is 5.28. The summed E-state index contributed by atoms with van der Waals surface area (Å²) in [6.45, 7) is 8.10. The first-order valence-electron chi connectivity index (χ1n) is 6.65. The summed E-state index contributed by atoms with van der Waals surface area (Å²) in [5, 5.41) is 3.46. The molecule has 1 atom stereocenters.